The fourth-order valence-corrected chi connectivity index (χ4v) is 1.45. The normalized spacial score (nSPS) is 10.3. The summed E-state index contributed by atoms with van der Waals surface area (Å²) in [6, 6.07) is 1.80. The van der Waals surface area contributed by atoms with Gasteiger partial charge in [-0.25, -0.2) is 4.98 Å². The second-order valence-electron chi connectivity index (χ2n) is 3.78. The van der Waals surface area contributed by atoms with Crippen molar-refractivity contribution in [3.8, 4) is 5.88 Å². The Morgan fingerprint density at radius 3 is 2.71 bits per heavy atom. The summed E-state index contributed by atoms with van der Waals surface area (Å²) < 4.78 is 10.1. The fraction of sp³-hybridized carbons (Fsp3) is 0.667. The van der Waals surface area contributed by atoms with Gasteiger partial charge in [0.1, 0.15) is 12.4 Å². The Labute approximate surface area is 103 Å². The summed E-state index contributed by atoms with van der Waals surface area (Å²) in [5, 5.41) is 3.27. The van der Waals surface area contributed by atoms with Crippen molar-refractivity contribution in [1.29, 1.82) is 0 Å². The predicted molar refractivity (Wildman–Crippen MR) is 67.3 cm³/mol. The summed E-state index contributed by atoms with van der Waals surface area (Å²) in [5.74, 6) is 1.98. The van der Waals surface area contributed by atoms with Crippen LogP contribution >= 0.6 is 0 Å². The molecule has 0 bridgehead atoms. The molecular formula is C12H21N3O2. The van der Waals surface area contributed by atoms with Crippen LogP contribution in [0.15, 0.2) is 6.07 Å². The zero-order valence-corrected chi connectivity index (χ0v) is 10.8. The van der Waals surface area contributed by atoms with E-state index in [1.807, 2.05) is 0 Å². The van der Waals surface area contributed by atoms with Crippen LogP contribution in [0.1, 0.15) is 32.0 Å². The highest BCUT2D eigenvalue weighted by atomic mass is 16.5. The number of nitrogens with one attached hydrogen (secondary N) is 1. The average molecular weight is 239 g/mol. The summed E-state index contributed by atoms with van der Waals surface area (Å²) in [6.45, 7) is 3.49. The Kier molecular flexibility index (Phi) is 6.32. The van der Waals surface area contributed by atoms with Crippen molar-refractivity contribution < 1.29 is 9.47 Å². The van der Waals surface area contributed by atoms with Gasteiger partial charge in [-0.2, -0.15) is 4.98 Å². The zero-order valence-electron chi connectivity index (χ0n) is 10.8. The molecule has 1 aromatic heterocycles. The molecule has 0 aliphatic heterocycles. The lowest BCUT2D eigenvalue weighted by Gasteiger charge is -2.08. The van der Waals surface area contributed by atoms with Gasteiger partial charge in [-0.15, -0.1) is 0 Å². The summed E-state index contributed by atoms with van der Waals surface area (Å²) in [5.41, 5.74) is 0. The summed E-state index contributed by atoms with van der Waals surface area (Å²) >= 11 is 0. The van der Waals surface area contributed by atoms with Gasteiger partial charge in [-0.05, 0) is 6.42 Å². The lowest BCUT2D eigenvalue weighted by molar-refractivity contribution is 0.177. The summed E-state index contributed by atoms with van der Waals surface area (Å²) in [7, 11) is 3.22. The topological polar surface area (TPSA) is 56.3 Å². The number of anilines is 1. The lowest BCUT2D eigenvalue weighted by Crippen LogP contribution is -2.07. The van der Waals surface area contributed by atoms with Gasteiger partial charge in [0, 0.05) is 19.7 Å². The number of unbranched alkanes of at least 4 members (excludes halogenated alkanes) is 2. The second kappa shape index (κ2) is 7.84. The number of aromatic nitrogens is 2. The van der Waals surface area contributed by atoms with E-state index in [2.05, 4.69) is 22.2 Å². The first-order valence-corrected chi connectivity index (χ1v) is 5.95. The SMILES string of the molecule is CCCCCNc1cc(OC)nc(COC)n1. The molecule has 5 nitrogen and oxygen atoms in total. The minimum atomic E-state index is 0.390. The zero-order chi connectivity index (χ0) is 12.5. The molecular weight excluding hydrogens is 218 g/mol. The van der Waals surface area contributed by atoms with Gasteiger partial charge in [-0.1, -0.05) is 19.8 Å². The molecule has 0 unspecified atom stereocenters. The molecule has 0 aromatic carbocycles. The summed E-state index contributed by atoms with van der Waals surface area (Å²) in [6.07, 6.45) is 3.58. The molecule has 0 aliphatic carbocycles. The van der Waals surface area contributed by atoms with Crippen LogP contribution in [0.3, 0.4) is 0 Å². The van der Waals surface area contributed by atoms with Crippen molar-refractivity contribution >= 4 is 5.82 Å². The van der Waals surface area contributed by atoms with Crippen LogP contribution in [-0.4, -0.2) is 30.7 Å². The minimum Gasteiger partial charge on any atom is -0.481 e. The molecule has 1 aromatic rings. The van der Waals surface area contributed by atoms with Gasteiger partial charge in [-0.3, -0.25) is 0 Å². The molecule has 0 spiro atoms. The largest absolute Gasteiger partial charge is 0.481 e. The van der Waals surface area contributed by atoms with Gasteiger partial charge in [0.2, 0.25) is 5.88 Å². The third kappa shape index (κ3) is 4.99. The molecule has 1 heterocycles. The van der Waals surface area contributed by atoms with Crippen molar-refractivity contribution in [2.24, 2.45) is 0 Å². The molecule has 17 heavy (non-hydrogen) atoms. The predicted octanol–water partition coefficient (Wildman–Crippen LogP) is 2.23. The molecule has 0 aliphatic rings. The Bertz CT molecular complexity index is 332. The Balaban J connectivity index is 2.59. The highest BCUT2D eigenvalue weighted by Gasteiger charge is 2.04. The Morgan fingerprint density at radius 2 is 2.06 bits per heavy atom. The molecule has 96 valence electrons. The summed E-state index contributed by atoms with van der Waals surface area (Å²) in [4.78, 5) is 8.53. The van der Waals surface area contributed by atoms with Gasteiger partial charge in [0.25, 0.3) is 0 Å². The minimum absolute atomic E-state index is 0.390. The average Bonchev–Trinajstić information content (AvgIpc) is 2.35. The molecule has 0 fully saturated rings. The highest BCUT2D eigenvalue weighted by Crippen LogP contribution is 2.13. The molecule has 0 amide bonds. The van der Waals surface area contributed by atoms with Crippen molar-refractivity contribution in [3.05, 3.63) is 11.9 Å². The number of ether oxygens (including phenoxy) is 2. The fourth-order valence-electron chi connectivity index (χ4n) is 1.45. The number of hydrogen-bond donors (Lipinski definition) is 1. The van der Waals surface area contributed by atoms with E-state index in [1.165, 1.54) is 12.8 Å². The third-order valence-corrected chi connectivity index (χ3v) is 2.32. The van der Waals surface area contributed by atoms with Crippen molar-refractivity contribution in [2.75, 3.05) is 26.1 Å². The maximum atomic E-state index is 5.12. The highest BCUT2D eigenvalue weighted by molar-refractivity contribution is 5.38. The maximum Gasteiger partial charge on any atom is 0.218 e. The first-order chi connectivity index (χ1) is 8.30. The molecule has 0 atom stereocenters. The van der Waals surface area contributed by atoms with E-state index in [1.54, 1.807) is 20.3 Å². The van der Waals surface area contributed by atoms with Gasteiger partial charge in [0.05, 0.1) is 7.11 Å². The van der Waals surface area contributed by atoms with E-state index in [9.17, 15) is 0 Å². The van der Waals surface area contributed by atoms with E-state index in [0.717, 1.165) is 18.8 Å². The van der Waals surface area contributed by atoms with Crippen molar-refractivity contribution in [3.63, 3.8) is 0 Å². The number of nitrogens with zero attached hydrogens (tertiary/aromatic N) is 2. The Hall–Kier alpha value is -1.36. The molecule has 0 saturated heterocycles. The van der Waals surface area contributed by atoms with Gasteiger partial charge < -0.3 is 14.8 Å². The van der Waals surface area contributed by atoms with Crippen LogP contribution in [0.4, 0.5) is 5.82 Å². The second-order valence-corrected chi connectivity index (χ2v) is 3.78. The van der Waals surface area contributed by atoms with Crippen molar-refractivity contribution in [2.45, 2.75) is 32.8 Å². The van der Waals surface area contributed by atoms with E-state index >= 15 is 0 Å². The van der Waals surface area contributed by atoms with E-state index in [0.29, 0.717) is 18.3 Å². The van der Waals surface area contributed by atoms with Crippen LogP contribution < -0.4 is 10.1 Å². The van der Waals surface area contributed by atoms with Crippen LogP contribution in [0.5, 0.6) is 5.88 Å². The Morgan fingerprint density at radius 1 is 1.24 bits per heavy atom. The first kappa shape index (κ1) is 13.7. The van der Waals surface area contributed by atoms with Gasteiger partial charge >= 0.3 is 0 Å². The lowest BCUT2D eigenvalue weighted by atomic mass is 10.2. The first-order valence-electron chi connectivity index (χ1n) is 5.95. The number of rotatable bonds is 8. The maximum absolute atomic E-state index is 5.12. The molecule has 1 N–H and O–H groups in total. The monoisotopic (exact) mass is 239 g/mol. The quantitative estimate of drug-likeness (QED) is 0.705. The molecule has 1 rings (SSSR count). The number of hydrogen-bond acceptors (Lipinski definition) is 5. The van der Waals surface area contributed by atoms with Crippen LogP contribution in [0.2, 0.25) is 0 Å². The van der Waals surface area contributed by atoms with Crippen LogP contribution in [0.25, 0.3) is 0 Å². The number of methoxy groups -OCH3 is 2. The standard InChI is InChI=1S/C12H21N3O2/c1-4-5-6-7-13-10-8-12(17-3)15-11(14-10)9-16-2/h8H,4-7,9H2,1-3H3,(H,13,14,15). The van der Waals surface area contributed by atoms with E-state index in [4.69, 9.17) is 9.47 Å². The van der Waals surface area contributed by atoms with E-state index < -0.39 is 0 Å². The van der Waals surface area contributed by atoms with Crippen LogP contribution in [0, 0.1) is 0 Å². The van der Waals surface area contributed by atoms with Gasteiger partial charge in [0.15, 0.2) is 5.82 Å². The van der Waals surface area contributed by atoms with Crippen LogP contribution in [-0.2, 0) is 11.3 Å². The smallest absolute Gasteiger partial charge is 0.218 e. The van der Waals surface area contributed by atoms with E-state index in [-0.39, 0.29) is 0 Å². The molecule has 5 heteroatoms. The molecule has 0 radical (unpaired) electrons. The molecule has 0 saturated carbocycles. The van der Waals surface area contributed by atoms with Crippen molar-refractivity contribution in [1.82, 2.24) is 9.97 Å². The third-order valence-electron chi connectivity index (χ3n) is 2.32.